The van der Waals surface area contributed by atoms with Crippen molar-refractivity contribution in [2.24, 2.45) is 5.73 Å². The topological polar surface area (TPSA) is 80.5 Å². The molecule has 118 valence electrons. The van der Waals surface area contributed by atoms with E-state index in [0.29, 0.717) is 26.1 Å². The van der Waals surface area contributed by atoms with Crippen LogP contribution in [-0.2, 0) is 21.2 Å². The van der Waals surface area contributed by atoms with Gasteiger partial charge in [0.25, 0.3) is 0 Å². The van der Waals surface area contributed by atoms with Crippen LogP contribution in [-0.4, -0.2) is 44.3 Å². The molecule has 1 aromatic rings. The second-order valence-electron chi connectivity index (χ2n) is 5.18. The van der Waals surface area contributed by atoms with Gasteiger partial charge in [0.15, 0.2) is 0 Å². The molecule has 5 nitrogen and oxygen atoms in total. The summed E-state index contributed by atoms with van der Waals surface area (Å²) in [7, 11) is -3.01. The zero-order chi connectivity index (χ0) is 15.7. The molecule has 6 heteroatoms. The second-order valence-corrected chi connectivity index (χ2v) is 7.44. The minimum Gasteiger partial charge on any atom is -0.338 e. The third kappa shape index (κ3) is 7.82. The third-order valence-corrected chi connectivity index (χ3v) is 4.14. The largest absolute Gasteiger partial charge is 0.338 e. The van der Waals surface area contributed by atoms with E-state index in [4.69, 9.17) is 5.73 Å². The molecule has 1 amide bonds. The smallest absolute Gasteiger partial charge is 0.222 e. The number of hydrogen-bond acceptors (Lipinski definition) is 4. The van der Waals surface area contributed by atoms with Crippen LogP contribution in [0, 0.1) is 0 Å². The average molecular weight is 312 g/mol. The van der Waals surface area contributed by atoms with E-state index in [-0.39, 0.29) is 18.1 Å². The summed E-state index contributed by atoms with van der Waals surface area (Å²) in [6.45, 7) is 1.67. The lowest BCUT2D eigenvalue weighted by Crippen LogP contribution is -2.32. The maximum atomic E-state index is 12.2. The summed E-state index contributed by atoms with van der Waals surface area (Å²) in [5, 5.41) is 0. The van der Waals surface area contributed by atoms with Crippen LogP contribution in [0.3, 0.4) is 0 Å². The zero-order valence-corrected chi connectivity index (χ0v) is 13.3. The molecule has 1 rings (SSSR count). The molecule has 0 aliphatic heterocycles. The summed E-state index contributed by atoms with van der Waals surface area (Å²) in [4.78, 5) is 14.0. The highest BCUT2D eigenvalue weighted by Crippen LogP contribution is 2.08. The fraction of sp³-hybridized carbons (Fsp3) is 0.533. The van der Waals surface area contributed by atoms with Gasteiger partial charge in [0.2, 0.25) is 5.91 Å². The first-order valence-electron chi connectivity index (χ1n) is 7.12. The van der Waals surface area contributed by atoms with E-state index in [1.54, 1.807) is 4.90 Å². The molecule has 2 N–H and O–H groups in total. The SMILES string of the molecule is CS(=O)(=O)CCCC(=O)N(CCCN)Cc1ccccc1. The van der Waals surface area contributed by atoms with E-state index in [1.165, 1.54) is 6.26 Å². The molecule has 1 aromatic carbocycles. The van der Waals surface area contributed by atoms with Crippen LogP contribution >= 0.6 is 0 Å². The molecule has 0 heterocycles. The molecule has 0 spiro atoms. The lowest BCUT2D eigenvalue weighted by atomic mass is 10.2. The lowest BCUT2D eigenvalue weighted by molar-refractivity contribution is -0.131. The Morgan fingerprint density at radius 1 is 1.19 bits per heavy atom. The van der Waals surface area contributed by atoms with Crippen molar-refractivity contribution in [3.63, 3.8) is 0 Å². The Morgan fingerprint density at radius 2 is 1.86 bits per heavy atom. The van der Waals surface area contributed by atoms with Gasteiger partial charge in [0.05, 0.1) is 5.75 Å². The van der Waals surface area contributed by atoms with Gasteiger partial charge >= 0.3 is 0 Å². The molecule has 0 saturated carbocycles. The maximum absolute atomic E-state index is 12.2. The summed E-state index contributed by atoms with van der Waals surface area (Å²) in [5.74, 6) is 0.0328. The number of nitrogens with two attached hydrogens (primary N) is 1. The van der Waals surface area contributed by atoms with Crippen LogP contribution in [0.2, 0.25) is 0 Å². The number of amides is 1. The monoisotopic (exact) mass is 312 g/mol. The highest BCUT2D eigenvalue weighted by atomic mass is 32.2. The molecular weight excluding hydrogens is 288 g/mol. The third-order valence-electron chi connectivity index (χ3n) is 3.11. The number of carbonyl (C=O) groups is 1. The molecule has 21 heavy (non-hydrogen) atoms. The first-order chi connectivity index (χ1) is 9.92. The fourth-order valence-electron chi connectivity index (χ4n) is 2.02. The Balaban J connectivity index is 2.57. The van der Waals surface area contributed by atoms with Gasteiger partial charge in [0.1, 0.15) is 9.84 Å². The minimum atomic E-state index is -3.01. The molecule has 0 fully saturated rings. The van der Waals surface area contributed by atoms with E-state index >= 15 is 0 Å². The van der Waals surface area contributed by atoms with Gasteiger partial charge in [-0.1, -0.05) is 30.3 Å². The second kappa shape index (κ2) is 8.79. The molecule has 0 radical (unpaired) electrons. The van der Waals surface area contributed by atoms with Crippen molar-refractivity contribution in [2.45, 2.75) is 25.8 Å². The van der Waals surface area contributed by atoms with Gasteiger partial charge in [-0.15, -0.1) is 0 Å². The van der Waals surface area contributed by atoms with Gasteiger partial charge < -0.3 is 10.6 Å². The van der Waals surface area contributed by atoms with Gasteiger partial charge in [-0.05, 0) is 24.9 Å². The Morgan fingerprint density at radius 3 is 2.43 bits per heavy atom. The molecule has 0 saturated heterocycles. The first-order valence-corrected chi connectivity index (χ1v) is 9.18. The number of rotatable bonds is 9. The molecule has 0 aliphatic rings. The van der Waals surface area contributed by atoms with Gasteiger partial charge in [-0.3, -0.25) is 4.79 Å². The van der Waals surface area contributed by atoms with E-state index in [0.717, 1.165) is 12.0 Å². The van der Waals surface area contributed by atoms with Crippen molar-refractivity contribution in [3.8, 4) is 0 Å². The standard InChI is InChI=1S/C15H24N2O3S/c1-21(19,20)12-5-9-15(18)17(11-6-10-16)13-14-7-3-2-4-8-14/h2-4,7-8H,5-6,9-13,16H2,1H3. The van der Waals surface area contributed by atoms with Crippen molar-refractivity contribution in [2.75, 3.05) is 25.1 Å². The molecule has 0 atom stereocenters. The van der Waals surface area contributed by atoms with Crippen molar-refractivity contribution in [1.82, 2.24) is 4.90 Å². The van der Waals surface area contributed by atoms with Crippen LogP contribution in [0.15, 0.2) is 30.3 Å². The predicted octanol–water partition coefficient (Wildman–Crippen LogP) is 1.19. The Hall–Kier alpha value is -1.40. The Labute approximate surface area is 127 Å². The van der Waals surface area contributed by atoms with Crippen LogP contribution in [0.4, 0.5) is 0 Å². The average Bonchev–Trinajstić information content (AvgIpc) is 2.43. The van der Waals surface area contributed by atoms with Crippen LogP contribution in [0.5, 0.6) is 0 Å². The summed E-state index contributed by atoms with van der Waals surface area (Å²) in [6.07, 6.45) is 2.55. The quantitative estimate of drug-likeness (QED) is 0.742. The van der Waals surface area contributed by atoms with Crippen LogP contribution in [0.1, 0.15) is 24.8 Å². The van der Waals surface area contributed by atoms with Gasteiger partial charge in [0, 0.05) is 25.8 Å². The molecule has 0 bridgehead atoms. The zero-order valence-electron chi connectivity index (χ0n) is 12.5. The number of hydrogen-bond donors (Lipinski definition) is 1. The van der Waals surface area contributed by atoms with Gasteiger partial charge in [-0.2, -0.15) is 0 Å². The van der Waals surface area contributed by atoms with E-state index in [9.17, 15) is 13.2 Å². The van der Waals surface area contributed by atoms with Crippen molar-refractivity contribution in [3.05, 3.63) is 35.9 Å². The minimum absolute atomic E-state index is 0.0176. The van der Waals surface area contributed by atoms with Crippen molar-refractivity contribution >= 4 is 15.7 Å². The number of sulfone groups is 1. The highest BCUT2D eigenvalue weighted by Gasteiger charge is 2.14. The number of nitrogens with zero attached hydrogens (tertiary/aromatic N) is 1. The van der Waals surface area contributed by atoms with E-state index < -0.39 is 9.84 Å². The summed E-state index contributed by atoms with van der Waals surface area (Å²) in [5.41, 5.74) is 6.57. The fourth-order valence-corrected chi connectivity index (χ4v) is 2.69. The summed E-state index contributed by atoms with van der Waals surface area (Å²) < 4.78 is 22.2. The summed E-state index contributed by atoms with van der Waals surface area (Å²) in [6, 6.07) is 9.75. The van der Waals surface area contributed by atoms with Gasteiger partial charge in [-0.25, -0.2) is 8.42 Å². The Bertz CT molecular complexity index is 529. The lowest BCUT2D eigenvalue weighted by Gasteiger charge is -2.22. The van der Waals surface area contributed by atoms with Crippen LogP contribution in [0.25, 0.3) is 0 Å². The summed E-state index contributed by atoms with van der Waals surface area (Å²) >= 11 is 0. The predicted molar refractivity (Wildman–Crippen MR) is 84.5 cm³/mol. The molecule has 0 aromatic heterocycles. The number of benzene rings is 1. The first kappa shape index (κ1) is 17.7. The van der Waals surface area contributed by atoms with E-state index in [1.807, 2.05) is 30.3 Å². The van der Waals surface area contributed by atoms with Crippen molar-refractivity contribution < 1.29 is 13.2 Å². The number of carbonyl (C=O) groups excluding carboxylic acids is 1. The Kier molecular flexibility index (Phi) is 7.39. The van der Waals surface area contributed by atoms with Crippen molar-refractivity contribution in [1.29, 1.82) is 0 Å². The normalized spacial score (nSPS) is 11.3. The highest BCUT2D eigenvalue weighted by molar-refractivity contribution is 7.90. The molecule has 0 aliphatic carbocycles. The maximum Gasteiger partial charge on any atom is 0.222 e. The molecular formula is C15H24N2O3S. The van der Waals surface area contributed by atoms with Crippen LogP contribution < -0.4 is 5.73 Å². The van der Waals surface area contributed by atoms with E-state index in [2.05, 4.69) is 0 Å². The molecule has 0 unspecified atom stereocenters.